The number of carbonyl (C=O) groups is 3. The molecule has 726 valence electrons. The zero-order valence-electron chi connectivity index (χ0n) is 78.1. The Hall–Kier alpha value is -2.67. The van der Waals surface area contributed by atoms with Crippen LogP contribution in [0.2, 0.25) is 0 Å². The Morgan fingerprint density at radius 3 is 1.04 bits per heavy atom. The van der Waals surface area contributed by atoms with E-state index in [1.54, 1.807) is 90.0 Å². The van der Waals surface area contributed by atoms with Crippen molar-refractivity contribution in [3.8, 4) is 0 Å². The van der Waals surface area contributed by atoms with Crippen molar-refractivity contribution in [1.82, 2.24) is 25.8 Å². The van der Waals surface area contributed by atoms with Crippen molar-refractivity contribution in [2.45, 2.75) is 444 Å². The van der Waals surface area contributed by atoms with Crippen LogP contribution in [-0.2, 0) is 61.8 Å². The summed E-state index contributed by atoms with van der Waals surface area (Å²) >= 11 is 0. The van der Waals surface area contributed by atoms with Crippen LogP contribution in [0.5, 0.6) is 0 Å². The van der Waals surface area contributed by atoms with Crippen molar-refractivity contribution in [3.63, 3.8) is 0 Å². The van der Waals surface area contributed by atoms with Crippen molar-refractivity contribution < 1.29 is 140 Å². The van der Waals surface area contributed by atoms with Crippen LogP contribution in [0.15, 0.2) is 0 Å². The normalized spacial score (nSPS) is 48.5. The highest BCUT2D eigenvalue weighted by atomic mass is 16.7. The monoisotopic (exact) mass is 1770 g/mol. The number of methoxy groups -OCH3 is 1. The molecule has 6 saturated heterocycles. The van der Waals surface area contributed by atoms with Gasteiger partial charge in [-0.25, -0.2) is 0 Å². The number of carbonyl (C=O) groups excluding carboxylic acids is 3. The van der Waals surface area contributed by atoms with E-state index in [1.165, 1.54) is 48.7 Å². The van der Waals surface area contributed by atoms with E-state index in [1.807, 2.05) is 79.5 Å². The van der Waals surface area contributed by atoms with Crippen molar-refractivity contribution in [2.75, 3.05) is 54.9 Å². The van der Waals surface area contributed by atoms with Gasteiger partial charge in [0.25, 0.3) is 0 Å². The number of hydrogen-bond acceptors (Lipinski definition) is 33. The standard InChI is InChI=1S/C37H70N2O12.C29H56N2O9.C21H41NO7.2CH4.H2/c1-14-26-37(10,45)30(41)23(6)38-18-19(2)16-35(8,44)32(51-34-28(40)25(39(11)12)15-20(3)47-34)21(4)29(22(5)33(43)49-26)50-27-17-36(9,46-13)31(42)24(7)48-27;1-11-21-29(8,37)24(34)19(6)30-14-15(2)13-28(7,36)25(17(4)22(32)18(5)26(35)39-21)40-27-23(33)20(31(9)10)12-16(3)38-27;1-8-15-21(7,28)18(25)14(5)22-10-11(2)9-20(6,27)17(24)12(3)16(23)13(4)19(26)29-15;;;/h19-32,34,38,40-42,44-45H,14-18H2,1-13H3;15-25,27,30,32-34,36-37H,11-14H2,1-10H3;11-18,22-25,27-28H,8-10H2,1-7H3;2*1H4;1H/t19-,20-,21+,22-,23-,24+,25+,26-,27+,28-,29+,30-,31+,32-,34+,35-,36-,37-;15-,16-,17+,18-,19-,20+,21-,22+,23-,24-,25-,27+,28-,29-;11-,12+,13-,14-,15-,16+,17-,18-,20-,21-;;;/m111.../s1/i;;;;;1+1. The number of rotatable bonds is 12. The first-order valence-corrected chi connectivity index (χ1v) is 44.1. The number of esters is 3. The van der Waals surface area contributed by atoms with Gasteiger partial charge in [0.15, 0.2) is 18.9 Å². The van der Waals surface area contributed by atoms with E-state index in [2.05, 4.69) is 16.0 Å². The summed E-state index contributed by atoms with van der Waals surface area (Å²) in [5, 5.41) is 178. The van der Waals surface area contributed by atoms with E-state index in [-0.39, 0.29) is 103 Å². The predicted octanol–water partition coefficient (Wildman–Crippen LogP) is 3.89. The number of aliphatic hydroxyl groups is 15. The Balaban J connectivity index is 0.000000946. The molecule has 6 aliphatic rings. The van der Waals surface area contributed by atoms with Crippen molar-refractivity contribution in [3.05, 3.63) is 0 Å². The third kappa shape index (κ3) is 29.2. The van der Waals surface area contributed by atoms with Crippen molar-refractivity contribution in [2.24, 2.45) is 53.3 Å². The Morgan fingerprint density at radius 1 is 0.410 bits per heavy atom. The van der Waals surface area contributed by atoms with E-state index < -0.39 is 227 Å². The summed E-state index contributed by atoms with van der Waals surface area (Å²) in [6.07, 6.45) is -18.2. The lowest BCUT2D eigenvalue weighted by Crippen LogP contribution is -2.60. The summed E-state index contributed by atoms with van der Waals surface area (Å²) in [6, 6.07) is -2.15. The molecule has 0 aliphatic carbocycles. The average molecular weight is 1770 g/mol. The Kier molecular flexibility index (Phi) is 45.3. The van der Waals surface area contributed by atoms with E-state index in [9.17, 15) is 91.0 Å². The highest BCUT2D eigenvalue weighted by Gasteiger charge is 2.56. The van der Waals surface area contributed by atoms with E-state index in [0.29, 0.717) is 32.5 Å². The molecule has 6 aliphatic heterocycles. The van der Waals surface area contributed by atoms with Gasteiger partial charge in [-0.3, -0.25) is 14.4 Å². The molecule has 0 spiro atoms. The van der Waals surface area contributed by atoms with Gasteiger partial charge in [-0.2, -0.15) is 0 Å². The van der Waals surface area contributed by atoms with Gasteiger partial charge in [0, 0.05) is 62.9 Å². The fraction of sp³-hybridized carbons (Fsp3) is 0.966. The summed E-state index contributed by atoms with van der Waals surface area (Å²) in [4.78, 5) is 43.8. The number of likely N-dealkylation sites (N-methyl/N-ethyl adjacent to an activating group) is 2. The molecule has 0 aromatic rings. The van der Waals surface area contributed by atoms with Gasteiger partial charge in [-0.1, -0.05) is 77.2 Å². The van der Waals surface area contributed by atoms with Crippen LogP contribution >= 0.6 is 0 Å². The third-order valence-corrected chi connectivity index (χ3v) is 27.2. The van der Waals surface area contributed by atoms with Crippen LogP contribution in [0.1, 0.15) is 247 Å². The Bertz CT molecular complexity index is 3080. The highest BCUT2D eigenvalue weighted by Crippen LogP contribution is 2.43. The van der Waals surface area contributed by atoms with Gasteiger partial charge in [-0.05, 0) is 228 Å². The minimum atomic E-state index is -1.80. The molecule has 0 aromatic heterocycles. The Morgan fingerprint density at radius 2 is 0.721 bits per heavy atom. The first-order chi connectivity index (χ1) is 55.0. The van der Waals surface area contributed by atoms with Crippen LogP contribution in [0.4, 0.5) is 0 Å². The van der Waals surface area contributed by atoms with Crippen LogP contribution in [0.3, 0.4) is 0 Å². The molecular formula is C89H177N5O28. The molecule has 0 bridgehead atoms. The lowest BCUT2D eigenvalue weighted by atomic mass is 9.77. The molecule has 0 unspecified atom stereocenters. The van der Waals surface area contributed by atoms with E-state index in [4.69, 9.17) is 47.4 Å². The van der Waals surface area contributed by atoms with E-state index in [0.717, 1.165) is 0 Å². The largest absolute Gasteiger partial charge is 0.459 e. The quantitative estimate of drug-likeness (QED) is 0.0973. The highest BCUT2D eigenvalue weighted by molar-refractivity contribution is 5.74. The lowest BCUT2D eigenvalue weighted by Gasteiger charge is -2.48. The molecule has 0 aromatic carbocycles. The average Bonchev–Trinajstić information content (AvgIpc) is 1.62. The van der Waals surface area contributed by atoms with Crippen molar-refractivity contribution in [1.29, 1.82) is 0 Å². The number of nitrogens with zero attached hydrogens (tertiary/aromatic N) is 2. The van der Waals surface area contributed by atoms with E-state index >= 15 is 0 Å². The minimum Gasteiger partial charge on any atom is -0.459 e. The molecule has 6 heterocycles. The third-order valence-electron chi connectivity index (χ3n) is 27.2. The smallest absolute Gasteiger partial charge is 0.311 e. The first kappa shape index (κ1) is 115. The predicted molar refractivity (Wildman–Crippen MR) is 464 cm³/mol. The van der Waals surface area contributed by atoms with Gasteiger partial charge in [-0.15, -0.1) is 0 Å². The van der Waals surface area contributed by atoms with Crippen LogP contribution in [-0.4, -0.2) is 357 Å². The zero-order chi connectivity index (χ0) is 92.3. The van der Waals surface area contributed by atoms with Gasteiger partial charge >= 0.3 is 17.9 Å². The van der Waals surface area contributed by atoms with Crippen LogP contribution in [0.25, 0.3) is 0 Å². The molecule has 18 N–H and O–H groups in total. The van der Waals surface area contributed by atoms with Crippen molar-refractivity contribution >= 4 is 17.9 Å². The SMILES string of the molecule is C.C.CC[C@H]1OC(=O)[C@H](C)[C@@H](O)[C@H](C)[C@@H](O)[C@](C)(O)C[C@@H](C)CN[C@H](C)[C@@H](O)[C@]1(C)O.CC[C@H]1OC(=O)[C@H](C)[C@@H](O)[C@H](C)[C@@H](O[C@@H]2O[C@H](C)C[C@H](N(C)C)[C@H]2O)[C@](C)(O)C[C@@H](C)CN[C@H](C)[C@@H](O)[C@]1(C)O.CC[C@H]1OC(=O)[C@H](C)[C@@H](O[C@H]2C[C@@](C)(OC)[C@@H](O)[C@H](C)O2)[C@H](C)[C@@H](O[C@@H]2O[C@H](C)C[C@H](N(C)C)[C@H]2O)[C@](C)(O)C[C@@H](C)CN[C@H](C)[C@@H](O)[C@]1(C)O.[2HH]. The summed E-state index contributed by atoms with van der Waals surface area (Å²) < 4.78 is 60.9. The summed E-state index contributed by atoms with van der Waals surface area (Å²) in [7, 11) is 9.01. The number of nitrogens with one attached hydrogen (secondary N) is 3. The van der Waals surface area contributed by atoms with Gasteiger partial charge in [0.1, 0.15) is 71.7 Å². The number of aliphatic hydroxyl groups excluding tert-OH is 9. The molecular weight excluding hydrogens is 1590 g/mol. The summed E-state index contributed by atoms with van der Waals surface area (Å²) in [5.74, 6) is -7.85. The molecule has 0 saturated carbocycles. The Labute approximate surface area is 732 Å². The molecule has 42 atom stereocenters. The van der Waals surface area contributed by atoms with Gasteiger partial charge < -0.3 is 150 Å². The molecule has 33 nitrogen and oxygen atoms in total. The minimum absolute atomic E-state index is 0. The second kappa shape index (κ2) is 47.9. The maximum absolute atomic E-state index is 14.1. The number of ether oxygens (including phenoxy) is 10. The summed E-state index contributed by atoms with van der Waals surface area (Å²) in [5.41, 5.74) is -10.8. The van der Waals surface area contributed by atoms with Crippen LogP contribution < -0.4 is 16.0 Å². The molecule has 0 radical (unpaired) electrons. The van der Waals surface area contributed by atoms with Gasteiger partial charge in [0.2, 0.25) is 0 Å². The fourth-order valence-electron chi connectivity index (χ4n) is 19.0. The second-order valence-electron chi connectivity index (χ2n) is 39.3. The maximum atomic E-state index is 14.1. The number of hydrogen-bond donors (Lipinski definition) is 18. The zero-order valence-corrected chi connectivity index (χ0v) is 78.1. The molecule has 122 heavy (non-hydrogen) atoms. The van der Waals surface area contributed by atoms with Gasteiger partial charge in [0.05, 0.1) is 95.1 Å². The maximum Gasteiger partial charge on any atom is 0.311 e. The topological polar surface area (TPSA) is 490 Å². The molecule has 33 heteroatoms. The first-order valence-electron chi connectivity index (χ1n) is 44.1. The van der Waals surface area contributed by atoms with Crippen LogP contribution in [0, 0.1) is 53.3 Å². The number of cyclic esters (lactones) is 3. The fourth-order valence-corrected chi connectivity index (χ4v) is 19.0. The molecule has 0 amide bonds. The summed E-state index contributed by atoms with van der Waals surface area (Å²) in [6.45, 7) is 43.6. The molecule has 6 fully saturated rings. The second-order valence-corrected chi connectivity index (χ2v) is 39.3. The lowest BCUT2D eigenvalue weighted by molar-refractivity contribution is -0.318. The molecule has 6 rings (SSSR count).